The molecule has 1 aromatic carbocycles. The summed E-state index contributed by atoms with van der Waals surface area (Å²) >= 11 is 0. The van der Waals surface area contributed by atoms with Crippen LogP contribution in [0.1, 0.15) is 5.56 Å². The Kier molecular flexibility index (Phi) is 2.91. The summed E-state index contributed by atoms with van der Waals surface area (Å²) in [5.41, 5.74) is 2.24. The van der Waals surface area contributed by atoms with Crippen LogP contribution in [0.5, 0.6) is 11.5 Å². The summed E-state index contributed by atoms with van der Waals surface area (Å²) in [6, 6.07) is 5.19. The second-order valence-corrected chi connectivity index (χ2v) is 3.65. The number of methoxy groups -OCH3 is 2. The number of nitrogens with one attached hydrogen (secondary N) is 2. The Morgan fingerprint density at radius 3 is 2.41 bits per heavy atom. The highest BCUT2D eigenvalue weighted by molar-refractivity contribution is 5.71. The zero-order chi connectivity index (χ0) is 12.4. The molecule has 0 spiro atoms. The smallest absolute Gasteiger partial charge is 0.264 e. The van der Waals surface area contributed by atoms with E-state index >= 15 is 0 Å². The summed E-state index contributed by atoms with van der Waals surface area (Å²) < 4.78 is 10.6. The lowest BCUT2D eigenvalue weighted by Crippen LogP contribution is -1.95. The van der Waals surface area contributed by atoms with E-state index in [1.165, 1.54) is 6.07 Å². The van der Waals surface area contributed by atoms with Crippen LogP contribution >= 0.6 is 0 Å². The summed E-state index contributed by atoms with van der Waals surface area (Å²) in [4.78, 5) is 11.1. The predicted molar refractivity (Wildman–Crippen MR) is 64.7 cm³/mol. The molecule has 0 aliphatic carbocycles. The first kappa shape index (κ1) is 11.3. The zero-order valence-electron chi connectivity index (χ0n) is 9.96. The minimum absolute atomic E-state index is 0.171. The average Bonchev–Trinajstić information content (AvgIpc) is 2.75. The van der Waals surface area contributed by atoms with Crippen molar-refractivity contribution in [2.45, 2.75) is 6.92 Å². The molecule has 0 radical (unpaired) electrons. The van der Waals surface area contributed by atoms with Gasteiger partial charge in [0.1, 0.15) is 11.5 Å². The van der Waals surface area contributed by atoms with Crippen molar-refractivity contribution in [2.24, 2.45) is 0 Å². The molecule has 0 fully saturated rings. The summed E-state index contributed by atoms with van der Waals surface area (Å²) in [5.74, 6) is 1.45. The molecule has 0 aliphatic heterocycles. The number of hydrogen-bond donors (Lipinski definition) is 2. The summed E-state index contributed by atoms with van der Waals surface area (Å²) in [6.07, 6.45) is 0. The lowest BCUT2D eigenvalue weighted by atomic mass is 10.1. The topological polar surface area (TPSA) is 67.1 Å². The number of rotatable bonds is 3. The van der Waals surface area contributed by atoms with Crippen LogP contribution in [0.4, 0.5) is 0 Å². The highest BCUT2D eigenvalue weighted by atomic mass is 16.5. The first-order chi connectivity index (χ1) is 8.17. The van der Waals surface area contributed by atoms with Crippen molar-refractivity contribution in [1.82, 2.24) is 10.2 Å². The van der Waals surface area contributed by atoms with Crippen molar-refractivity contribution in [3.8, 4) is 22.8 Å². The van der Waals surface area contributed by atoms with Gasteiger partial charge in [-0.25, -0.2) is 0 Å². The normalized spacial score (nSPS) is 10.3. The van der Waals surface area contributed by atoms with Gasteiger partial charge in [0.25, 0.3) is 5.56 Å². The monoisotopic (exact) mass is 234 g/mol. The lowest BCUT2D eigenvalue weighted by Gasteiger charge is -2.13. The van der Waals surface area contributed by atoms with Gasteiger partial charge in [-0.15, -0.1) is 0 Å². The second kappa shape index (κ2) is 4.37. The number of H-pyrrole nitrogens is 2. The van der Waals surface area contributed by atoms with E-state index in [1.807, 2.05) is 19.1 Å². The lowest BCUT2D eigenvalue weighted by molar-refractivity contribution is 0.390. The molecule has 0 aliphatic rings. The molecule has 0 amide bonds. The fourth-order valence-corrected chi connectivity index (χ4v) is 1.85. The summed E-state index contributed by atoms with van der Waals surface area (Å²) in [7, 11) is 3.20. The Morgan fingerprint density at radius 2 is 1.88 bits per heavy atom. The van der Waals surface area contributed by atoms with E-state index in [4.69, 9.17) is 9.47 Å². The van der Waals surface area contributed by atoms with Gasteiger partial charge in [0.15, 0.2) is 0 Å². The predicted octanol–water partition coefficient (Wildman–Crippen LogP) is 1.70. The summed E-state index contributed by atoms with van der Waals surface area (Å²) in [5, 5.41) is 5.30. The number of hydrogen-bond acceptors (Lipinski definition) is 3. The molecular weight excluding hydrogens is 220 g/mol. The molecule has 17 heavy (non-hydrogen) atoms. The van der Waals surface area contributed by atoms with E-state index in [1.54, 1.807) is 14.2 Å². The minimum atomic E-state index is -0.171. The van der Waals surface area contributed by atoms with Gasteiger partial charge in [-0.2, -0.15) is 0 Å². The van der Waals surface area contributed by atoms with Crippen LogP contribution in [0, 0.1) is 6.92 Å². The molecule has 1 heterocycles. The second-order valence-electron chi connectivity index (χ2n) is 3.65. The summed E-state index contributed by atoms with van der Waals surface area (Å²) in [6.45, 7) is 1.91. The largest absolute Gasteiger partial charge is 0.496 e. The molecule has 2 aromatic rings. The maximum Gasteiger partial charge on any atom is 0.264 e. The molecule has 0 atom stereocenters. The van der Waals surface area contributed by atoms with Crippen molar-refractivity contribution in [2.75, 3.05) is 14.2 Å². The molecule has 0 unspecified atom stereocenters. The molecule has 90 valence electrons. The van der Waals surface area contributed by atoms with E-state index in [-0.39, 0.29) is 5.56 Å². The Balaban J connectivity index is 2.62. The van der Waals surface area contributed by atoms with Crippen molar-refractivity contribution >= 4 is 0 Å². The van der Waals surface area contributed by atoms with Crippen LogP contribution < -0.4 is 15.0 Å². The van der Waals surface area contributed by atoms with Gasteiger partial charge in [0, 0.05) is 17.2 Å². The van der Waals surface area contributed by atoms with E-state index in [2.05, 4.69) is 10.2 Å². The molecular formula is C12H14N2O3. The molecule has 5 nitrogen and oxygen atoms in total. The third-order valence-corrected chi connectivity index (χ3v) is 2.67. The average molecular weight is 234 g/mol. The number of ether oxygens (including phenoxy) is 2. The molecule has 0 bridgehead atoms. The van der Waals surface area contributed by atoms with Crippen LogP contribution in [-0.2, 0) is 0 Å². The van der Waals surface area contributed by atoms with Gasteiger partial charge in [-0.3, -0.25) is 15.0 Å². The SMILES string of the molecule is COc1ccc(-c2cc(=O)[nH][nH]2)c(OC)c1C. The minimum Gasteiger partial charge on any atom is -0.496 e. The van der Waals surface area contributed by atoms with Crippen LogP contribution in [0.25, 0.3) is 11.3 Å². The maximum absolute atomic E-state index is 11.1. The molecule has 5 heteroatoms. The Hall–Kier alpha value is -2.17. The van der Waals surface area contributed by atoms with E-state index in [0.29, 0.717) is 11.4 Å². The van der Waals surface area contributed by atoms with Gasteiger partial charge in [0.05, 0.1) is 19.9 Å². The zero-order valence-corrected chi connectivity index (χ0v) is 9.96. The van der Waals surface area contributed by atoms with Crippen molar-refractivity contribution in [1.29, 1.82) is 0 Å². The highest BCUT2D eigenvalue weighted by Crippen LogP contribution is 2.36. The maximum atomic E-state index is 11.1. The Morgan fingerprint density at radius 1 is 1.12 bits per heavy atom. The van der Waals surface area contributed by atoms with Crippen LogP contribution in [-0.4, -0.2) is 24.4 Å². The fraction of sp³-hybridized carbons (Fsp3) is 0.250. The van der Waals surface area contributed by atoms with Gasteiger partial charge >= 0.3 is 0 Å². The molecule has 0 saturated carbocycles. The van der Waals surface area contributed by atoms with Crippen molar-refractivity contribution < 1.29 is 9.47 Å². The van der Waals surface area contributed by atoms with Crippen molar-refractivity contribution in [3.05, 3.63) is 34.1 Å². The van der Waals surface area contributed by atoms with Gasteiger partial charge < -0.3 is 9.47 Å². The van der Waals surface area contributed by atoms with E-state index in [9.17, 15) is 4.79 Å². The van der Waals surface area contributed by atoms with Crippen LogP contribution in [0.3, 0.4) is 0 Å². The molecule has 0 saturated heterocycles. The van der Waals surface area contributed by atoms with E-state index in [0.717, 1.165) is 16.9 Å². The number of aromatic nitrogens is 2. The third kappa shape index (κ3) is 1.91. The van der Waals surface area contributed by atoms with Crippen LogP contribution in [0.2, 0.25) is 0 Å². The van der Waals surface area contributed by atoms with E-state index < -0.39 is 0 Å². The highest BCUT2D eigenvalue weighted by Gasteiger charge is 2.13. The third-order valence-electron chi connectivity index (χ3n) is 2.67. The van der Waals surface area contributed by atoms with Gasteiger partial charge in [-0.1, -0.05) is 0 Å². The fourth-order valence-electron chi connectivity index (χ4n) is 1.85. The number of benzene rings is 1. The number of aromatic amines is 2. The van der Waals surface area contributed by atoms with Gasteiger partial charge in [0.2, 0.25) is 0 Å². The quantitative estimate of drug-likeness (QED) is 0.849. The first-order valence-electron chi connectivity index (χ1n) is 5.17. The standard InChI is InChI=1S/C12H14N2O3/c1-7-10(16-2)5-4-8(12(7)17-3)9-6-11(15)14-13-9/h4-6H,1-3H3,(H2,13,14,15). The van der Waals surface area contributed by atoms with Crippen LogP contribution in [0.15, 0.2) is 23.0 Å². The molecule has 2 rings (SSSR count). The molecule has 2 N–H and O–H groups in total. The van der Waals surface area contributed by atoms with Crippen molar-refractivity contribution in [3.63, 3.8) is 0 Å². The first-order valence-corrected chi connectivity index (χ1v) is 5.17. The Labute approximate surface area is 98.4 Å². The Bertz CT molecular complexity index is 584. The van der Waals surface area contributed by atoms with Gasteiger partial charge in [-0.05, 0) is 19.1 Å². The molecule has 1 aromatic heterocycles.